The molecule has 0 aromatic heterocycles. The third kappa shape index (κ3) is 5.21. The zero-order chi connectivity index (χ0) is 11.8. The molecule has 1 atom stereocenters. The second kappa shape index (κ2) is 7.33. The molecule has 1 aliphatic rings. The number of carbonyl (C=O) groups is 1. The van der Waals surface area contributed by atoms with Crippen LogP contribution in [0.4, 0.5) is 0 Å². The lowest BCUT2D eigenvalue weighted by Crippen LogP contribution is -2.33. The molecule has 90 valence electrons. The van der Waals surface area contributed by atoms with Crippen molar-refractivity contribution < 1.29 is 4.79 Å². The molecule has 0 heterocycles. The highest BCUT2D eigenvalue weighted by Gasteiger charge is 2.16. The summed E-state index contributed by atoms with van der Waals surface area (Å²) in [5.74, 6) is 3.35. The molecule has 0 radical (unpaired) electrons. The fourth-order valence-electron chi connectivity index (χ4n) is 2.39. The van der Waals surface area contributed by atoms with Crippen LogP contribution in [0.1, 0.15) is 58.3 Å². The predicted octanol–water partition coefficient (Wildman–Crippen LogP) is 2.87. The van der Waals surface area contributed by atoms with E-state index >= 15 is 0 Å². The fourth-order valence-corrected chi connectivity index (χ4v) is 2.39. The molecule has 1 amide bonds. The van der Waals surface area contributed by atoms with Gasteiger partial charge in [0.2, 0.25) is 5.91 Å². The molecule has 2 heteroatoms. The van der Waals surface area contributed by atoms with Gasteiger partial charge in [-0.2, -0.15) is 0 Å². The molecule has 1 rings (SSSR count). The van der Waals surface area contributed by atoms with Gasteiger partial charge in [-0.15, -0.1) is 12.3 Å². The zero-order valence-corrected chi connectivity index (χ0v) is 10.3. The number of nitrogens with one attached hydrogen (secondary N) is 1. The molecule has 0 bridgehead atoms. The van der Waals surface area contributed by atoms with Crippen LogP contribution in [0.25, 0.3) is 0 Å². The Hall–Kier alpha value is -0.970. The normalized spacial score (nSPS) is 19.5. The summed E-state index contributed by atoms with van der Waals surface area (Å²) in [7, 11) is 0. The van der Waals surface area contributed by atoms with E-state index in [0.717, 1.165) is 0 Å². The molecular weight excluding hydrogens is 198 g/mol. The lowest BCUT2D eigenvalue weighted by atomic mass is 9.96. The van der Waals surface area contributed by atoms with Gasteiger partial charge in [0, 0.05) is 18.9 Å². The smallest absolute Gasteiger partial charge is 0.220 e. The van der Waals surface area contributed by atoms with Crippen LogP contribution in [-0.4, -0.2) is 11.9 Å². The van der Waals surface area contributed by atoms with Crippen LogP contribution in [-0.2, 0) is 4.79 Å². The molecule has 2 nitrogen and oxygen atoms in total. The number of hydrogen-bond donors (Lipinski definition) is 1. The van der Waals surface area contributed by atoms with E-state index in [2.05, 4.69) is 11.2 Å². The highest BCUT2D eigenvalue weighted by molar-refractivity contribution is 5.76. The van der Waals surface area contributed by atoms with Gasteiger partial charge in [-0.3, -0.25) is 4.79 Å². The highest BCUT2D eigenvalue weighted by atomic mass is 16.1. The first-order valence-corrected chi connectivity index (χ1v) is 6.45. The van der Waals surface area contributed by atoms with Gasteiger partial charge in [0.15, 0.2) is 0 Å². The van der Waals surface area contributed by atoms with Crippen LogP contribution in [0.15, 0.2) is 0 Å². The van der Waals surface area contributed by atoms with Crippen molar-refractivity contribution in [2.75, 3.05) is 0 Å². The van der Waals surface area contributed by atoms with E-state index in [1.807, 2.05) is 6.92 Å². The van der Waals surface area contributed by atoms with E-state index in [-0.39, 0.29) is 11.9 Å². The van der Waals surface area contributed by atoms with Gasteiger partial charge in [-0.1, -0.05) is 25.7 Å². The molecule has 1 saturated carbocycles. The number of rotatable bonds is 4. The number of amides is 1. The molecule has 16 heavy (non-hydrogen) atoms. The van der Waals surface area contributed by atoms with Gasteiger partial charge in [0.05, 0.1) is 0 Å². The van der Waals surface area contributed by atoms with Crippen molar-refractivity contribution in [1.29, 1.82) is 0 Å². The Kier molecular flexibility index (Phi) is 6.00. The predicted molar refractivity (Wildman–Crippen MR) is 66.9 cm³/mol. The van der Waals surface area contributed by atoms with Crippen molar-refractivity contribution in [3.63, 3.8) is 0 Å². The Labute approximate surface area is 99.2 Å². The average Bonchev–Trinajstić information content (AvgIpc) is 2.46. The molecule has 1 N–H and O–H groups in total. The van der Waals surface area contributed by atoms with Crippen LogP contribution in [0.5, 0.6) is 0 Å². The standard InChI is InChI=1S/C14H23NO/c1-3-8-12(2)15-14(16)11-13-9-6-4-5-7-10-13/h1,12-13H,4-11H2,2H3,(H,15,16). The summed E-state index contributed by atoms with van der Waals surface area (Å²) in [5, 5.41) is 2.97. The number of hydrogen-bond acceptors (Lipinski definition) is 1. The summed E-state index contributed by atoms with van der Waals surface area (Å²) in [4.78, 5) is 11.7. The van der Waals surface area contributed by atoms with Crippen LogP contribution < -0.4 is 5.32 Å². The van der Waals surface area contributed by atoms with Gasteiger partial charge in [-0.25, -0.2) is 0 Å². The Bertz CT molecular complexity index is 246. The second-order valence-corrected chi connectivity index (χ2v) is 4.94. The van der Waals surface area contributed by atoms with Gasteiger partial charge in [0.25, 0.3) is 0 Å². The zero-order valence-electron chi connectivity index (χ0n) is 10.3. The van der Waals surface area contributed by atoms with Crippen LogP contribution in [0.3, 0.4) is 0 Å². The third-order valence-electron chi connectivity index (χ3n) is 3.28. The summed E-state index contributed by atoms with van der Waals surface area (Å²) in [5.41, 5.74) is 0. The Morgan fingerprint density at radius 3 is 2.56 bits per heavy atom. The minimum absolute atomic E-state index is 0.114. The summed E-state index contributed by atoms with van der Waals surface area (Å²) >= 11 is 0. The lowest BCUT2D eigenvalue weighted by Gasteiger charge is -2.16. The second-order valence-electron chi connectivity index (χ2n) is 4.94. The van der Waals surface area contributed by atoms with Crippen molar-refractivity contribution in [3.05, 3.63) is 0 Å². The third-order valence-corrected chi connectivity index (χ3v) is 3.28. The van der Waals surface area contributed by atoms with Crippen molar-refractivity contribution in [1.82, 2.24) is 5.32 Å². The van der Waals surface area contributed by atoms with E-state index in [1.54, 1.807) is 0 Å². The fraction of sp³-hybridized carbons (Fsp3) is 0.786. The van der Waals surface area contributed by atoms with E-state index < -0.39 is 0 Å². The first-order chi connectivity index (χ1) is 7.72. The molecule has 1 unspecified atom stereocenters. The molecule has 0 aromatic carbocycles. The largest absolute Gasteiger partial charge is 0.353 e. The number of carbonyl (C=O) groups excluding carboxylic acids is 1. The molecular formula is C14H23NO. The quantitative estimate of drug-likeness (QED) is 0.574. The average molecular weight is 221 g/mol. The summed E-state index contributed by atoms with van der Waals surface area (Å²) in [6.07, 6.45) is 14.2. The Balaban J connectivity index is 2.24. The van der Waals surface area contributed by atoms with E-state index in [1.165, 1.54) is 38.5 Å². The van der Waals surface area contributed by atoms with Crippen molar-refractivity contribution >= 4 is 5.91 Å². The lowest BCUT2D eigenvalue weighted by molar-refractivity contribution is -0.122. The maximum absolute atomic E-state index is 11.7. The number of terminal acetylenes is 1. The van der Waals surface area contributed by atoms with Crippen molar-refractivity contribution in [2.45, 2.75) is 64.3 Å². The summed E-state index contributed by atoms with van der Waals surface area (Å²) < 4.78 is 0. The van der Waals surface area contributed by atoms with Crippen LogP contribution in [0.2, 0.25) is 0 Å². The molecule has 1 fully saturated rings. The minimum Gasteiger partial charge on any atom is -0.353 e. The Morgan fingerprint density at radius 2 is 2.00 bits per heavy atom. The van der Waals surface area contributed by atoms with Crippen molar-refractivity contribution in [3.8, 4) is 12.3 Å². The molecule has 0 saturated heterocycles. The molecule has 1 aliphatic carbocycles. The molecule has 0 aromatic rings. The highest BCUT2D eigenvalue weighted by Crippen LogP contribution is 2.25. The first kappa shape index (κ1) is 13.1. The van der Waals surface area contributed by atoms with Gasteiger partial charge < -0.3 is 5.32 Å². The maximum Gasteiger partial charge on any atom is 0.220 e. The van der Waals surface area contributed by atoms with Gasteiger partial charge in [0.1, 0.15) is 0 Å². The first-order valence-electron chi connectivity index (χ1n) is 6.45. The van der Waals surface area contributed by atoms with E-state index in [4.69, 9.17) is 6.42 Å². The van der Waals surface area contributed by atoms with Crippen LogP contribution in [0, 0.1) is 18.3 Å². The van der Waals surface area contributed by atoms with Crippen LogP contribution >= 0.6 is 0 Å². The van der Waals surface area contributed by atoms with Gasteiger partial charge in [-0.05, 0) is 25.7 Å². The molecule has 0 aliphatic heterocycles. The maximum atomic E-state index is 11.7. The minimum atomic E-state index is 0.114. The van der Waals surface area contributed by atoms with E-state index in [0.29, 0.717) is 18.8 Å². The summed E-state index contributed by atoms with van der Waals surface area (Å²) in [6.45, 7) is 1.96. The van der Waals surface area contributed by atoms with Crippen molar-refractivity contribution in [2.24, 2.45) is 5.92 Å². The van der Waals surface area contributed by atoms with Gasteiger partial charge >= 0.3 is 0 Å². The summed E-state index contributed by atoms with van der Waals surface area (Å²) in [6, 6.07) is 0.114. The van der Waals surface area contributed by atoms with E-state index in [9.17, 15) is 4.79 Å². The topological polar surface area (TPSA) is 29.1 Å². The monoisotopic (exact) mass is 221 g/mol. The Morgan fingerprint density at radius 1 is 1.38 bits per heavy atom. The molecule has 0 spiro atoms. The SMILES string of the molecule is C#CCC(C)NC(=O)CC1CCCCCC1.